The van der Waals surface area contributed by atoms with Crippen molar-refractivity contribution in [2.75, 3.05) is 65.7 Å². The maximum absolute atomic E-state index is 12.0. The summed E-state index contributed by atoms with van der Waals surface area (Å²) >= 11 is 0. The molecule has 26 heavy (non-hydrogen) atoms. The molecular formula is C17H36N6O2S. The van der Waals surface area contributed by atoms with Crippen LogP contribution in [0.3, 0.4) is 0 Å². The van der Waals surface area contributed by atoms with E-state index < -0.39 is 10.0 Å². The first-order valence-corrected chi connectivity index (χ1v) is 11.4. The Kier molecular flexibility index (Phi) is 8.12. The van der Waals surface area contributed by atoms with Crippen molar-refractivity contribution in [3.05, 3.63) is 0 Å². The normalized spacial score (nSPS) is 25.4. The Balaban J connectivity index is 1.88. The van der Waals surface area contributed by atoms with Gasteiger partial charge in [-0.2, -0.15) is 0 Å². The van der Waals surface area contributed by atoms with Crippen LogP contribution in [0, 0.1) is 0 Å². The average Bonchev–Trinajstić information content (AvgIpc) is 2.63. The fourth-order valence-corrected chi connectivity index (χ4v) is 4.60. The molecule has 2 saturated heterocycles. The van der Waals surface area contributed by atoms with E-state index in [9.17, 15) is 8.42 Å². The highest BCUT2D eigenvalue weighted by Gasteiger charge is 2.27. The molecule has 0 spiro atoms. The van der Waals surface area contributed by atoms with Crippen molar-refractivity contribution in [1.82, 2.24) is 24.7 Å². The van der Waals surface area contributed by atoms with Gasteiger partial charge in [-0.1, -0.05) is 0 Å². The van der Waals surface area contributed by atoms with Crippen LogP contribution in [0.15, 0.2) is 4.99 Å². The van der Waals surface area contributed by atoms with Crippen molar-refractivity contribution in [3.63, 3.8) is 0 Å². The van der Waals surface area contributed by atoms with Gasteiger partial charge in [-0.05, 0) is 40.8 Å². The summed E-state index contributed by atoms with van der Waals surface area (Å²) in [6.45, 7) is 9.73. The van der Waals surface area contributed by atoms with E-state index >= 15 is 0 Å². The summed E-state index contributed by atoms with van der Waals surface area (Å²) in [6.07, 6.45) is 1.63. The van der Waals surface area contributed by atoms with Gasteiger partial charge in [0.1, 0.15) is 0 Å². The van der Waals surface area contributed by atoms with Gasteiger partial charge < -0.3 is 15.5 Å². The zero-order chi connectivity index (χ0) is 19.2. The van der Waals surface area contributed by atoms with Crippen molar-refractivity contribution in [1.29, 1.82) is 0 Å². The van der Waals surface area contributed by atoms with Gasteiger partial charge in [0, 0.05) is 51.4 Å². The van der Waals surface area contributed by atoms with E-state index in [0.29, 0.717) is 19.1 Å². The molecule has 8 nitrogen and oxygen atoms in total. The summed E-state index contributed by atoms with van der Waals surface area (Å²) in [4.78, 5) is 9.52. The average molecular weight is 389 g/mol. The van der Waals surface area contributed by atoms with E-state index in [1.807, 2.05) is 0 Å². The second-order valence-electron chi connectivity index (χ2n) is 7.33. The lowest BCUT2D eigenvalue weighted by atomic mass is 10.1. The van der Waals surface area contributed by atoms with Crippen LogP contribution in [0.4, 0.5) is 0 Å². The Morgan fingerprint density at radius 1 is 1.12 bits per heavy atom. The molecule has 9 heteroatoms. The maximum Gasteiger partial charge on any atom is 0.213 e. The third-order valence-electron chi connectivity index (χ3n) is 5.34. The monoisotopic (exact) mass is 388 g/mol. The third-order valence-corrected chi connectivity index (χ3v) is 7.22. The van der Waals surface area contributed by atoms with E-state index in [-0.39, 0.29) is 11.8 Å². The predicted molar refractivity (Wildman–Crippen MR) is 107 cm³/mol. The van der Waals surface area contributed by atoms with Crippen LogP contribution in [0.2, 0.25) is 0 Å². The van der Waals surface area contributed by atoms with Crippen molar-refractivity contribution < 1.29 is 8.42 Å². The smallest absolute Gasteiger partial charge is 0.213 e. The largest absolute Gasteiger partial charge is 0.357 e. The van der Waals surface area contributed by atoms with Gasteiger partial charge in [-0.25, -0.2) is 12.7 Å². The van der Waals surface area contributed by atoms with Gasteiger partial charge in [0.25, 0.3) is 0 Å². The number of piperazine rings is 1. The fourth-order valence-electron chi connectivity index (χ4n) is 3.47. The number of piperidine rings is 1. The zero-order valence-corrected chi connectivity index (χ0v) is 17.6. The van der Waals surface area contributed by atoms with Gasteiger partial charge in [0.2, 0.25) is 10.0 Å². The number of guanidine groups is 1. The van der Waals surface area contributed by atoms with Crippen LogP contribution in [0.25, 0.3) is 0 Å². The van der Waals surface area contributed by atoms with Gasteiger partial charge >= 0.3 is 0 Å². The van der Waals surface area contributed by atoms with E-state index in [0.717, 1.165) is 51.5 Å². The van der Waals surface area contributed by atoms with Crippen molar-refractivity contribution >= 4 is 16.0 Å². The molecule has 2 fully saturated rings. The molecule has 2 heterocycles. The highest BCUT2D eigenvalue weighted by Crippen LogP contribution is 2.14. The molecule has 1 unspecified atom stereocenters. The molecule has 0 aromatic rings. The summed E-state index contributed by atoms with van der Waals surface area (Å²) in [5.41, 5.74) is 0. The van der Waals surface area contributed by atoms with Gasteiger partial charge in [-0.15, -0.1) is 0 Å². The highest BCUT2D eigenvalue weighted by molar-refractivity contribution is 7.89. The molecule has 152 valence electrons. The number of hydrogen-bond acceptors (Lipinski definition) is 5. The molecule has 0 amide bonds. The molecule has 1 atom stereocenters. The first-order chi connectivity index (χ1) is 12.4. The lowest BCUT2D eigenvalue weighted by Crippen LogP contribution is -2.52. The lowest BCUT2D eigenvalue weighted by molar-refractivity contribution is 0.119. The molecule has 0 saturated carbocycles. The summed E-state index contributed by atoms with van der Waals surface area (Å²) in [7, 11) is 1.25. The summed E-state index contributed by atoms with van der Waals surface area (Å²) in [6, 6.07) is 0.698. The van der Waals surface area contributed by atoms with Gasteiger partial charge in [0.15, 0.2) is 5.96 Å². The molecule has 0 bridgehead atoms. The number of nitrogens with one attached hydrogen (secondary N) is 2. The van der Waals surface area contributed by atoms with Crippen LogP contribution < -0.4 is 10.6 Å². The molecule has 0 radical (unpaired) electrons. The molecule has 0 aromatic carbocycles. The SMILES string of the molecule is CCNC(=NCC1CN(C)CCN1C)NC1CCN(S(=O)(=O)CC)CC1. The zero-order valence-electron chi connectivity index (χ0n) is 16.7. The van der Waals surface area contributed by atoms with Gasteiger partial charge in [0.05, 0.1) is 12.3 Å². The molecule has 2 rings (SSSR count). The van der Waals surface area contributed by atoms with Crippen molar-refractivity contribution in [3.8, 4) is 0 Å². The summed E-state index contributed by atoms with van der Waals surface area (Å²) in [5.74, 6) is 1.02. The second kappa shape index (κ2) is 9.87. The summed E-state index contributed by atoms with van der Waals surface area (Å²) < 4.78 is 25.6. The number of sulfonamides is 1. The van der Waals surface area contributed by atoms with Crippen LogP contribution in [0.5, 0.6) is 0 Å². The predicted octanol–water partition coefficient (Wildman–Crippen LogP) is -0.399. The Hall–Kier alpha value is -0.900. The first kappa shape index (κ1) is 21.4. The topological polar surface area (TPSA) is 80.3 Å². The minimum Gasteiger partial charge on any atom is -0.357 e. The molecular weight excluding hydrogens is 352 g/mol. The molecule has 0 aliphatic carbocycles. The molecule has 2 aliphatic rings. The number of nitrogens with zero attached hydrogens (tertiary/aromatic N) is 4. The van der Waals surface area contributed by atoms with E-state index in [1.165, 1.54) is 0 Å². The Bertz CT molecular complexity index is 560. The third kappa shape index (κ3) is 6.07. The van der Waals surface area contributed by atoms with Crippen LogP contribution >= 0.6 is 0 Å². The van der Waals surface area contributed by atoms with Gasteiger partial charge in [-0.3, -0.25) is 9.89 Å². The molecule has 2 N–H and O–H groups in total. The fraction of sp³-hybridized carbons (Fsp3) is 0.941. The van der Waals surface area contributed by atoms with E-state index in [4.69, 9.17) is 4.99 Å². The Labute approximate surface area is 159 Å². The first-order valence-electron chi connectivity index (χ1n) is 9.77. The molecule has 0 aromatic heterocycles. The lowest BCUT2D eigenvalue weighted by Gasteiger charge is -2.37. The number of likely N-dealkylation sites (N-methyl/N-ethyl adjacent to an activating group) is 2. The van der Waals surface area contributed by atoms with Crippen molar-refractivity contribution in [2.24, 2.45) is 4.99 Å². The number of hydrogen-bond donors (Lipinski definition) is 2. The number of rotatable bonds is 6. The minimum atomic E-state index is -3.07. The Morgan fingerprint density at radius 3 is 2.42 bits per heavy atom. The highest BCUT2D eigenvalue weighted by atomic mass is 32.2. The van der Waals surface area contributed by atoms with Crippen molar-refractivity contribution in [2.45, 2.75) is 38.8 Å². The van der Waals surface area contributed by atoms with E-state index in [1.54, 1.807) is 11.2 Å². The van der Waals surface area contributed by atoms with Crippen LogP contribution in [-0.4, -0.2) is 106 Å². The maximum atomic E-state index is 12.0. The standard InChI is InChI=1S/C17H36N6O2S/c1-5-18-17(19-13-16-14-21(3)11-12-22(16)4)20-15-7-9-23(10-8-15)26(24,25)6-2/h15-16H,5-14H2,1-4H3,(H2,18,19,20). The summed E-state index contributed by atoms with van der Waals surface area (Å²) in [5, 5.41) is 6.82. The molecule has 2 aliphatic heterocycles. The van der Waals surface area contributed by atoms with Crippen LogP contribution in [0.1, 0.15) is 26.7 Å². The minimum absolute atomic E-state index is 0.179. The number of aliphatic imine (C=N–C) groups is 1. The second-order valence-corrected chi connectivity index (χ2v) is 9.59. The van der Waals surface area contributed by atoms with E-state index in [2.05, 4.69) is 41.5 Å². The Morgan fingerprint density at radius 2 is 1.81 bits per heavy atom. The quantitative estimate of drug-likeness (QED) is 0.476. The van der Waals surface area contributed by atoms with Crippen LogP contribution in [-0.2, 0) is 10.0 Å².